The Kier molecular flexibility index (Phi) is 6.32. The molecule has 0 aromatic heterocycles. The highest BCUT2D eigenvalue weighted by molar-refractivity contribution is 6.30. The molecular weight excluding hydrogens is 325 g/mol. The molecule has 23 heavy (non-hydrogen) atoms. The molecule has 8 heteroatoms. The van der Waals surface area contributed by atoms with Crippen LogP contribution in [0.4, 0.5) is 9.18 Å². The van der Waals surface area contributed by atoms with Crippen LogP contribution in [0.2, 0.25) is 5.02 Å². The Morgan fingerprint density at radius 1 is 1.43 bits per heavy atom. The van der Waals surface area contributed by atoms with E-state index in [1.165, 1.54) is 12.1 Å². The Labute approximate surface area is 138 Å². The van der Waals surface area contributed by atoms with Crippen LogP contribution in [0.15, 0.2) is 18.2 Å². The molecule has 3 N–H and O–H groups in total. The third-order valence-electron chi connectivity index (χ3n) is 3.48. The highest BCUT2D eigenvalue weighted by Gasteiger charge is 2.30. The number of ether oxygens (including phenoxy) is 1. The Balaban J connectivity index is 1.90. The van der Waals surface area contributed by atoms with Gasteiger partial charge >= 0.3 is 6.03 Å². The van der Waals surface area contributed by atoms with E-state index < -0.39 is 17.8 Å². The van der Waals surface area contributed by atoms with E-state index in [-0.39, 0.29) is 23.7 Å². The number of hydrogen-bond donors (Lipinski definition) is 3. The zero-order chi connectivity index (χ0) is 16.8. The number of benzene rings is 1. The van der Waals surface area contributed by atoms with Crippen molar-refractivity contribution in [1.29, 1.82) is 0 Å². The van der Waals surface area contributed by atoms with Crippen molar-refractivity contribution in [3.05, 3.63) is 34.6 Å². The van der Waals surface area contributed by atoms with E-state index >= 15 is 0 Å². The maximum absolute atomic E-state index is 13.6. The average molecular weight is 344 g/mol. The third kappa shape index (κ3) is 4.89. The topological polar surface area (TPSA) is 79.5 Å². The predicted octanol–water partition coefficient (Wildman–Crippen LogP) is 1.74. The SMILES string of the molecule is CCNC(=O)NC(=O)CN[C@@H]1CCO[C@H]1c1ccc(Cl)c(F)c1. The van der Waals surface area contributed by atoms with Gasteiger partial charge in [0.25, 0.3) is 0 Å². The van der Waals surface area contributed by atoms with Gasteiger partial charge in [-0.2, -0.15) is 0 Å². The highest BCUT2D eigenvalue weighted by atomic mass is 35.5. The number of halogens is 2. The van der Waals surface area contributed by atoms with Crippen molar-refractivity contribution in [3.8, 4) is 0 Å². The van der Waals surface area contributed by atoms with Crippen molar-refractivity contribution in [2.45, 2.75) is 25.5 Å². The molecule has 1 aliphatic heterocycles. The van der Waals surface area contributed by atoms with E-state index in [2.05, 4.69) is 16.0 Å². The Bertz CT molecular complexity index is 585. The molecular formula is C15H19ClFN3O3. The summed E-state index contributed by atoms with van der Waals surface area (Å²) in [6, 6.07) is 3.84. The van der Waals surface area contributed by atoms with Gasteiger partial charge in [0.05, 0.1) is 17.7 Å². The fourth-order valence-corrected chi connectivity index (χ4v) is 2.53. The lowest BCUT2D eigenvalue weighted by atomic mass is 10.0. The first kappa shape index (κ1) is 17.7. The molecule has 126 valence electrons. The molecule has 1 aliphatic rings. The maximum atomic E-state index is 13.6. The van der Waals surface area contributed by atoms with E-state index in [9.17, 15) is 14.0 Å². The van der Waals surface area contributed by atoms with Gasteiger partial charge in [0, 0.05) is 19.2 Å². The Morgan fingerprint density at radius 2 is 2.22 bits per heavy atom. The third-order valence-corrected chi connectivity index (χ3v) is 3.79. The van der Waals surface area contributed by atoms with Crippen molar-refractivity contribution in [2.75, 3.05) is 19.7 Å². The first-order chi connectivity index (χ1) is 11.0. The zero-order valence-corrected chi connectivity index (χ0v) is 13.5. The van der Waals surface area contributed by atoms with Crippen molar-refractivity contribution < 1.29 is 18.7 Å². The van der Waals surface area contributed by atoms with E-state index in [1.54, 1.807) is 13.0 Å². The van der Waals surface area contributed by atoms with Gasteiger partial charge in [0.2, 0.25) is 5.91 Å². The van der Waals surface area contributed by atoms with E-state index in [1.807, 2.05) is 0 Å². The number of carbonyl (C=O) groups is 2. The Morgan fingerprint density at radius 3 is 2.91 bits per heavy atom. The molecule has 0 unspecified atom stereocenters. The van der Waals surface area contributed by atoms with Gasteiger partial charge in [0.15, 0.2) is 0 Å². The lowest BCUT2D eigenvalue weighted by molar-refractivity contribution is -0.119. The second kappa shape index (κ2) is 8.24. The monoisotopic (exact) mass is 343 g/mol. The first-order valence-electron chi connectivity index (χ1n) is 7.39. The van der Waals surface area contributed by atoms with Crippen molar-refractivity contribution in [1.82, 2.24) is 16.0 Å². The number of carbonyl (C=O) groups excluding carboxylic acids is 2. The summed E-state index contributed by atoms with van der Waals surface area (Å²) in [5, 5.41) is 7.77. The van der Waals surface area contributed by atoms with Gasteiger partial charge in [-0.3, -0.25) is 10.1 Å². The second-order valence-electron chi connectivity index (χ2n) is 5.15. The normalized spacial score (nSPS) is 20.3. The molecule has 0 bridgehead atoms. The van der Waals surface area contributed by atoms with Crippen LogP contribution in [-0.4, -0.2) is 37.7 Å². The second-order valence-corrected chi connectivity index (χ2v) is 5.56. The van der Waals surface area contributed by atoms with Crippen LogP contribution in [-0.2, 0) is 9.53 Å². The van der Waals surface area contributed by atoms with Gasteiger partial charge in [-0.15, -0.1) is 0 Å². The molecule has 1 aromatic carbocycles. The lowest BCUT2D eigenvalue weighted by Crippen LogP contribution is -2.45. The fraction of sp³-hybridized carbons (Fsp3) is 0.467. The zero-order valence-electron chi connectivity index (χ0n) is 12.7. The van der Waals surface area contributed by atoms with Crippen LogP contribution in [0.25, 0.3) is 0 Å². The van der Waals surface area contributed by atoms with E-state index in [0.29, 0.717) is 25.1 Å². The van der Waals surface area contributed by atoms with Crippen molar-refractivity contribution in [3.63, 3.8) is 0 Å². The van der Waals surface area contributed by atoms with Crippen molar-refractivity contribution >= 4 is 23.5 Å². The van der Waals surface area contributed by atoms with Gasteiger partial charge < -0.3 is 15.4 Å². The lowest BCUT2D eigenvalue weighted by Gasteiger charge is -2.20. The molecule has 1 fully saturated rings. The number of amides is 3. The predicted molar refractivity (Wildman–Crippen MR) is 83.7 cm³/mol. The maximum Gasteiger partial charge on any atom is 0.321 e. The summed E-state index contributed by atoms with van der Waals surface area (Å²) in [5.74, 6) is -0.948. The van der Waals surface area contributed by atoms with Crippen LogP contribution < -0.4 is 16.0 Å². The molecule has 6 nitrogen and oxygen atoms in total. The summed E-state index contributed by atoms with van der Waals surface area (Å²) >= 11 is 5.68. The van der Waals surface area contributed by atoms with Crippen LogP contribution in [0, 0.1) is 5.82 Å². The molecule has 2 rings (SSSR count). The van der Waals surface area contributed by atoms with Crippen molar-refractivity contribution in [2.24, 2.45) is 0 Å². The van der Waals surface area contributed by atoms with Gasteiger partial charge in [-0.25, -0.2) is 9.18 Å². The minimum Gasteiger partial charge on any atom is -0.372 e. The summed E-state index contributed by atoms with van der Waals surface area (Å²) in [5.41, 5.74) is 0.658. The van der Waals surface area contributed by atoms with Crippen LogP contribution in [0.1, 0.15) is 25.0 Å². The average Bonchev–Trinajstić information content (AvgIpc) is 2.96. The van der Waals surface area contributed by atoms with E-state index in [0.717, 1.165) is 0 Å². The van der Waals surface area contributed by atoms with Gasteiger partial charge in [-0.05, 0) is 31.0 Å². The molecule has 0 saturated carbocycles. The molecule has 1 heterocycles. The van der Waals surface area contributed by atoms with Gasteiger partial charge in [0.1, 0.15) is 5.82 Å². The summed E-state index contributed by atoms with van der Waals surface area (Å²) in [6.07, 6.45) is 0.322. The van der Waals surface area contributed by atoms with Crippen LogP contribution >= 0.6 is 11.6 Å². The largest absolute Gasteiger partial charge is 0.372 e. The fourth-order valence-electron chi connectivity index (χ4n) is 2.42. The standard InChI is InChI=1S/C15H19ClFN3O3/c1-2-18-15(22)20-13(21)8-19-12-5-6-23-14(12)9-3-4-10(16)11(17)7-9/h3-4,7,12,14,19H,2,5-6,8H2,1H3,(H2,18,20,21,22)/t12-,14+/m1/s1. The quantitative estimate of drug-likeness (QED) is 0.761. The molecule has 1 saturated heterocycles. The highest BCUT2D eigenvalue weighted by Crippen LogP contribution is 2.30. The smallest absolute Gasteiger partial charge is 0.321 e. The molecule has 0 spiro atoms. The number of urea groups is 1. The summed E-state index contributed by atoms with van der Waals surface area (Å²) in [6.45, 7) is 2.67. The molecule has 1 aromatic rings. The Hall–Kier alpha value is -1.70. The molecule has 3 amide bonds. The summed E-state index contributed by atoms with van der Waals surface area (Å²) in [4.78, 5) is 22.9. The summed E-state index contributed by atoms with van der Waals surface area (Å²) < 4.78 is 19.2. The molecule has 0 aliphatic carbocycles. The number of imide groups is 1. The van der Waals surface area contributed by atoms with Crippen LogP contribution in [0.5, 0.6) is 0 Å². The minimum absolute atomic E-state index is 0.0300. The minimum atomic E-state index is -0.529. The molecule has 0 radical (unpaired) electrons. The summed E-state index contributed by atoms with van der Waals surface area (Å²) in [7, 11) is 0. The number of hydrogen-bond acceptors (Lipinski definition) is 4. The van der Waals surface area contributed by atoms with Gasteiger partial charge in [-0.1, -0.05) is 17.7 Å². The van der Waals surface area contributed by atoms with Crippen LogP contribution in [0.3, 0.4) is 0 Å². The number of nitrogens with one attached hydrogen (secondary N) is 3. The first-order valence-corrected chi connectivity index (χ1v) is 7.76. The van der Waals surface area contributed by atoms with E-state index in [4.69, 9.17) is 16.3 Å². The number of rotatable bonds is 5. The molecule has 2 atom stereocenters.